The first-order chi connectivity index (χ1) is 8.63. The molecule has 2 N–H and O–H groups in total. The smallest absolute Gasteiger partial charge is 0.320 e. The highest BCUT2D eigenvalue weighted by Gasteiger charge is 2.38. The summed E-state index contributed by atoms with van der Waals surface area (Å²) in [6.45, 7) is 3.08. The van der Waals surface area contributed by atoms with Gasteiger partial charge >= 0.3 is 5.97 Å². The van der Waals surface area contributed by atoms with E-state index in [1.165, 1.54) is 0 Å². The van der Waals surface area contributed by atoms with Gasteiger partial charge in [-0.2, -0.15) is 0 Å². The van der Waals surface area contributed by atoms with Crippen LogP contribution in [0.3, 0.4) is 0 Å². The number of ether oxygens (including phenoxy) is 1. The van der Waals surface area contributed by atoms with Crippen molar-refractivity contribution in [3.8, 4) is 0 Å². The molecule has 0 aromatic rings. The Hall–Kier alpha value is -1.14. The highest BCUT2D eigenvalue weighted by Crippen LogP contribution is 2.20. The fourth-order valence-corrected chi connectivity index (χ4v) is 2.29. The van der Waals surface area contributed by atoms with E-state index in [0.29, 0.717) is 19.6 Å². The lowest BCUT2D eigenvalue weighted by Gasteiger charge is -2.37. The lowest BCUT2D eigenvalue weighted by molar-refractivity contribution is -0.150. The molecule has 1 aliphatic carbocycles. The predicted octanol–water partition coefficient (Wildman–Crippen LogP) is -0.171. The number of aliphatic carboxylic acids is 1. The predicted molar refractivity (Wildman–Crippen MR) is 64.2 cm³/mol. The summed E-state index contributed by atoms with van der Waals surface area (Å²) < 4.78 is 5.31. The molecule has 6 nitrogen and oxygen atoms in total. The van der Waals surface area contributed by atoms with Gasteiger partial charge in [-0.3, -0.25) is 14.5 Å². The molecule has 1 amide bonds. The zero-order chi connectivity index (χ0) is 13.1. The normalized spacial score (nSPS) is 26.6. The lowest BCUT2D eigenvalue weighted by Crippen LogP contribution is -2.59. The second kappa shape index (κ2) is 5.67. The van der Waals surface area contributed by atoms with E-state index in [1.807, 2.05) is 6.92 Å². The van der Waals surface area contributed by atoms with Gasteiger partial charge in [0.2, 0.25) is 5.91 Å². The van der Waals surface area contributed by atoms with Gasteiger partial charge in [-0.1, -0.05) is 6.92 Å². The Morgan fingerprint density at radius 2 is 2.22 bits per heavy atom. The van der Waals surface area contributed by atoms with E-state index >= 15 is 0 Å². The third-order valence-corrected chi connectivity index (χ3v) is 3.47. The Kier molecular flexibility index (Phi) is 4.19. The SMILES string of the molecule is CCC(C(=O)O)N1CCOCC1C(=O)NC1CC1. The van der Waals surface area contributed by atoms with Crippen molar-refractivity contribution in [1.82, 2.24) is 10.2 Å². The zero-order valence-corrected chi connectivity index (χ0v) is 10.6. The third-order valence-electron chi connectivity index (χ3n) is 3.47. The minimum Gasteiger partial charge on any atom is -0.480 e. The molecule has 0 aromatic carbocycles. The molecule has 102 valence electrons. The second-order valence-corrected chi connectivity index (χ2v) is 4.87. The van der Waals surface area contributed by atoms with Gasteiger partial charge in [-0.15, -0.1) is 0 Å². The maximum atomic E-state index is 12.1. The zero-order valence-electron chi connectivity index (χ0n) is 10.6. The Balaban J connectivity index is 2.03. The molecule has 6 heteroatoms. The highest BCUT2D eigenvalue weighted by atomic mass is 16.5. The third kappa shape index (κ3) is 3.00. The molecule has 1 aliphatic heterocycles. The largest absolute Gasteiger partial charge is 0.480 e. The molecule has 0 radical (unpaired) electrons. The van der Waals surface area contributed by atoms with Crippen LogP contribution in [0.4, 0.5) is 0 Å². The fourth-order valence-electron chi connectivity index (χ4n) is 2.29. The number of hydrogen-bond acceptors (Lipinski definition) is 4. The number of carboxylic acid groups (broad SMARTS) is 1. The van der Waals surface area contributed by atoms with E-state index in [4.69, 9.17) is 4.74 Å². The first kappa shape index (κ1) is 13.3. The number of carboxylic acids is 1. The Bertz CT molecular complexity index is 330. The maximum absolute atomic E-state index is 12.1. The van der Waals surface area contributed by atoms with Crippen molar-refractivity contribution in [2.24, 2.45) is 0 Å². The van der Waals surface area contributed by atoms with Crippen LogP contribution in [0.5, 0.6) is 0 Å². The summed E-state index contributed by atoms with van der Waals surface area (Å²) in [4.78, 5) is 25.0. The van der Waals surface area contributed by atoms with Crippen LogP contribution in [0.15, 0.2) is 0 Å². The van der Waals surface area contributed by atoms with Crippen LogP contribution in [0, 0.1) is 0 Å². The van der Waals surface area contributed by atoms with Gasteiger partial charge in [-0.05, 0) is 19.3 Å². The number of carbonyl (C=O) groups is 2. The number of amides is 1. The van der Waals surface area contributed by atoms with Crippen LogP contribution in [-0.4, -0.2) is 59.8 Å². The molecule has 0 bridgehead atoms. The Morgan fingerprint density at radius 1 is 1.50 bits per heavy atom. The van der Waals surface area contributed by atoms with Crippen LogP contribution in [0.2, 0.25) is 0 Å². The van der Waals surface area contributed by atoms with Gasteiger partial charge in [-0.25, -0.2) is 0 Å². The molecule has 2 unspecified atom stereocenters. The first-order valence-electron chi connectivity index (χ1n) is 6.50. The molecule has 1 heterocycles. The average molecular weight is 256 g/mol. The van der Waals surface area contributed by atoms with Crippen LogP contribution >= 0.6 is 0 Å². The Labute approximate surface area is 106 Å². The van der Waals surface area contributed by atoms with E-state index in [0.717, 1.165) is 12.8 Å². The number of rotatable bonds is 5. The van der Waals surface area contributed by atoms with E-state index in [2.05, 4.69) is 5.32 Å². The van der Waals surface area contributed by atoms with Gasteiger partial charge < -0.3 is 15.2 Å². The van der Waals surface area contributed by atoms with E-state index in [1.54, 1.807) is 4.90 Å². The molecule has 2 fully saturated rings. The van der Waals surface area contributed by atoms with Crippen molar-refractivity contribution in [3.63, 3.8) is 0 Å². The summed E-state index contributed by atoms with van der Waals surface area (Å²) in [5.74, 6) is -0.972. The summed E-state index contributed by atoms with van der Waals surface area (Å²) in [5.41, 5.74) is 0. The summed E-state index contributed by atoms with van der Waals surface area (Å²) in [6, 6.07) is -0.796. The standard InChI is InChI=1S/C12H20N2O4/c1-2-9(12(16)17)14-5-6-18-7-10(14)11(15)13-8-3-4-8/h8-10H,2-7H2,1H3,(H,13,15)(H,16,17). The van der Waals surface area contributed by atoms with Gasteiger partial charge in [0.25, 0.3) is 0 Å². The van der Waals surface area contributed by atoms with E-state index in [9.17, 15) is 14.7 Å². The molecule has 0 aromatic heterocycles. The van der Waals surface area contributed by atoms with Crippen LogP contribution in [0.1, 0.15) is 26.2 Å². The summed E-state index contributed by atoms with van der Waals surface area (Å²) in [7, 11) is 0. The maximum Gasteiger partial charge on any atom is 0.320 e. The molecule has 1 saturated heterocycles. The summed E-state index contributed by atoms with van der Waals surface area (Å²) >= 11 is 0. The fraction of sp³-hybridized carbons (Fsp3) is 0.833. The van der Waals surface area contributed by atoms with Crippen LogP contribution < -0.4 is 5.32 Å². The number of nitrogens with one attached hydrogen (secondary N) is 1. The van der Waals surface area contributed by atoms with Gasteiger partial charge in [0.05, 0.1) is 13.2 Å². The second-order valence-electron chi connectivity index (χ2n) is 4.87. The van der Waals surface area contributed by atoms with Gasteiger partial charge in [0, 0.05) is 12.6 Å². The topological polar surface area (TPSA) is 78.9 Å². The first-order valence-corrected chi connectivity index (χ1v) is 6.50. The van der Waals surface area contributed by atoms with Crippen molar-refractivity contribution in [2.75, 3.05) is 19.8 Å². The van der Waals surface area contributed by atoms with Crippen molar-refractivity contribution in [3.05, 3.63) is 0 Å². The Morgan fingerprint density at radius 3 is 2.78 bits per heavy atom. The van der Waals surface area contributed by atoms with Crippen molar-refractivity contribution < 1.29 is 19.4 Å². The number of morpholine rings is 1. The molecule has 18 heavy (non-hydrogen) atoms. The van der Waals surface area contributed by atoms with E-state index < -0.39 is 18.1 Å². The minimum atomic E-state index is -0.872. The number of nitrogens with zero attached hydrogens (tertiary/aromatic N) is 1. The molecule has 2 rings (SSSR count). The van der Waals surface area contributed by atoms with Crippen LogP contribution in [-0.2, 0) is 14.3 Å². The molecular weight excluding hydrogens is 236 g/mol. The number of carbonyl (C=O) groups excluding carboxylic acids is 1. The summed E-state index contributed by atoms with van der Waals surface area (Å²) in [6.07, 6.45) is 2.54. The number of hydrogen-bond donors (Lipinski definition) is 2. The van der Waals surface area contributed by atoms with Crippen LogP contribution in [0.25, 0.3) is 0 Å². The average Bonchev–Trinajstić information content (AvgIpc) is 3.14. The molecular formula is C12H20N2O4. The van der Waals surface area contributed by atoms with Crippen molar-refractivity contribution in [1.29, 1.82) is 0 Å². The van der Waals surface area contributed by atoms with Crippen molar-refractivity contribution >= 4 is 11.9 Å². The van der Waals surface area contributed by atoms with E-state index in [-0.39, 0.29) is 18.6 Å². The summed E-state index contributed by atoms with van der Waals surface area (Å²) in [5, 5.41) is 12.1. The molecule has 2 atom stereocenters. The van der Waals surface area contributed by atoms with Gasteiger partial charge in [0.15, 0.2) is 0 Å². The molecule has 0 spiro atoms. The minimum absolute atomic E-state index is 0.100. The molecule has 2 aliphatic rings. The van der Waals surface area contributed by atoms with Gasteiger partial charge in [0.1, 0.15) is 12.1 Å². The lowest BCUT2D eigenvalue weighted by atomic mass is 10.1. The highest BCUT2D eigenvalue weighted by molar-refractivity contribution is 5.84. The quantitative estimate of drug-likeness (QED) is 0.714. The molecule has 1 saturated carbocycles. The van der Waals surface area contributed by atoms with Crippen molar-refractivity contribution in [2.45, 2.75) is 44.3 Å². The monoisotopic (exact) mass is 256 g/mol.